The summed E-state index contributed by atoms with van der Waals surface area (Å²) in [5.41, 5.74) is 6.71. The van der Waals surface area contributed by atoms with Crippen molar-refractivity contribution < 1.29 is 9.47 Å². The first-order chi connectivity index (χ1) is 11.1. The van der Waals surface area contributed by atoms with Crippen molar-refractivity contribution in [3.8, 4) is 17.1 Å². The second-order valence-electron chi connectivity index (χ2n) is 5.04. The molecule has 8 nitrogen and oxygen atoms in total. The van der Waals surface area contributed by atoms with E-state index in [4.69, 9.17) is 15.2 Å². The molecule has 0 saturated carbocycles. The molecular formula is C15H22N6O2. The molecule has 0 saturated heterocycles. The van der Waals surface area contributed by atoms with E-state index in [-0.39, 0.29) is 6.04 Å². The molecule has 0 bridgehead atoms. The number of aromatic amines is 1. The van der Waals surface area contributed by atoms with E-state index in [9.17, 15) is 0 Å². The third-order valence-electron chi connectivity index (χ3n) is 3.09. The van der Waals surface area contributed by atoms with Crippen LogP contribution >= 0.6 is 0 Å². The third kappa shape index (κ3) is 4.96. The van der Waals surface area contributed by atoms with Crippen molar-refractivity contribution in [2.24, 2.45) is 10.7 Å². The van der Waals surface area contributed by atoms with Gasteiger partial charge in [0.25, 0.3) is 0 Å². The van der Waals surface area contributed by atoms with Gasteiger partial charge in [0, 0.05) is 18.7 Å². The minimum absolute atomic E-state index is 0.0911. The standard InChI is InChI=1S/C15H22N6O2/c1-10(9-22-2)18-15(16)17-8-13-19-14(21-20-13)11-4-6-12(23-3)7-5-11/h4-7,10H,8-9H2,1-3H3,(H3,16,17,18)(H,19,20,21). The van der Waals surface area contributed by atoms with E-state index in [0.29, 0.717) is 30.8 Å². The fraction of sp³-hybridized carbons (Fsp3) is 0.400. The SMILES string of the molecule is COCC(C)NC(N)=NCc1nc(-c2ccc(OC)cc2)n[nH]1. The third-order valence-corrected chi connectivity index (χ3v) is 3.09. The molecule has 2 rings (SSSR count). The van der Waals surface area contributed by atoms with Gasteiger partial charge in [-0.1, -0.05) is 0 Å². The van der Waals surface area contributed by atoms with Crippen LogP contribution in [-0.4, -0.2) is 48.0 Å². The van der Waals surface area contributed by atoms with Crippen LogP contribution in [0.25, 0.3) is 11.4 Å². The number of methoxy groups -OCH3 is 2. The van der Waals surface area contributed by atoms with Crippen LogP contribution in [0.2, 0.25) is 0 Å². The Balaban J connectivity index is 1.96. The van der Waals surface area contributed by atoms with Crippen molar-refractivity contribution in [3.63, 3.8) is 0 Å². The molecule has 0 aliphatic carbocycles. The summed E-state index contributed by atoms with van der Waals surface area (Å²) in [5, 5.41) is 10.1. The summed E-state index contributed by atoms with van der Waals surface area (Å²) >= 11 is 0. The number of guanidine groups is 1. The van der Waals surface area contributed by atoms with Crippen LogP contribution < -0.4 is 15.8 Å². The highest BCUT2D eigenvalue weighted by atomic mass is 16.5. The highest BCUT2D eigenvalue weighted by molar-refractivity contribution is 5.78. The van der Waals surface area contributed by atoms with Gasteiger partial charge in [-0.15, -0.1) is 0 Å². The van der Waals surface area contributed by atoms with Crippen molar-refractivity contribution in [1.82, 2.24) is 20.5 Å². The maximum Gasteiger partial charge on any atom is 0.189 e. The lowest BCUT2D eigenvalue weighted by Gasteiger charge is -2.12. The first kappa shape index (κ1) is 16.8. The molecule has 8 heteroatoms. The highest BCUT2D eigenvalue weighted by Gasteiger charge is 2.06. The molecule has 2 aromatic rings. The monoisotopic (exact) mass is 318 g/mol. The molecule has 0 aliphatic heterocycles. The van der Waals surface area contributed by atoms with Gasteiger partial charge in [0.05, 0.1) is 13.7 Å². The van der Waals surface area contributed by atoms with Crippen molar-refractivity contribution in [1.29, 1.82) is 0 Å². The van der Waals surface area contributed by atoms with Crippen molar-refractivity contribution >= 4 is 5.96 Å². The van der Waals surface area contributed by atoms with Gasteiger partial charge in [0.2, 0.25) is 0 Å². The van der Waals surface area contributed by atoms with Crippen LogP contribution in [-0.2, 0) is 11.3 Å². The van der Waals surface area contributed by atoms with Gasteiger partial charge < -0.3 is 20.5 Å². The van der Waals surface area contributed by atoms with Crippen LogP contribution in [0, 0.1) is 0 Å². The predicted octanol–water partition coefficient (Wildman–Crippen LogP) is 0.919. The van der Waals surface area contributed by atoms with Crippen LogP contribution in [0.5, 0.6) is 5.75 Å². The van der Waals surface area contributed by atoms with Crippen molar-refractivity contribution in [2.45, 2.75) is 19.5 Å². The zero-order chi connectivity index (χ0) is 16.7. The van der Waals surface area contributed by atoms with Crippen molar-refractivity contribution in [3.05, 3.63) is 30.1 Å². The lowest BCUT2D eigenvalue weighted by molar-refractivity contribution is 0.179. The molecule has 1 aromatic carbocycles. The quantitative estimate of drug-likeness (QED) is 0.517. The minimum atomic E-state index is 0.0911. The Hall–Kier alpha value is -2.61. The Morgan fingerprint density at radius 3 is 2.74 bits per heavy atom. The number of nitrogens with zero attached hydrogens (tertiary/aromatic N) is 3. The van der Waals surface area contributed by atoms with Crippen LogP contribution in [0.3, 0.4) is 0 Å². The molecule has 0 spiro atoms. The number of aliphatic imine (C=N–C) groups is 1. The number of ether oxygens (including phenoxy) is 2. The summed E-state index contributed by atoms with van der Waals surface area (Å²) in [6, 6.07) is 7.62. The normalized spacial score (nSPS) is 12.9. The molecule has 1 atom stereocenters. The van der Waals surface area contributed by atoms with E-state index in [1.165, 1.54) is 0 Å². The molecule has 0 amide bonds. The molecule has 1 unspecified atom stereocenters. The highest BCUT2D eigenvalue weighted by Crippen LogP contribution is 2.18. The van der Waals surface area contributed by atoms with Crippen molar-refractivity contribution in [2.75, 3.05) is 20.8 Å². The average molecular weight is 318 g/mol. The summed E-state index contributed by atoms with van der Waals surface area (Å²) < 4.78 is 10.2. The molecule has 124 valence electrons. The number of aromatic nitrogens is 3. The molecule has 0 fully saturated rings. The molecule has 23 heavy (non-hydrogen) atoms. The van der Waals surface area contributed by atoms with Gasteiger partial charge in [-0.2, -0.15) is 5.10 Å². The predicted molar refractivity (Wildman–Crippen MR) is 88.2 cm³/mol. The average Bonchev–Trinajstić information content (AvgIpc) is 3.02. The molecule has 1 aromatic heterocycles. The fourth-order valence-electron chi connectivity index (χ4n) is 1.99. The topological polar surface area (TPSA) is 110 Å². The fourth-order valence-corrected chi connectivity index (χ4v) is 1.99. The van der Waals surface area contributed by atoms with Crippen LogP contribution in [0.15, 0.2) is 29.3 Å². The van der Waals surface area contributed by atoms with E-state index < -0.39 is 0 Å². The Labute approximate surface area is 135 Å². The summed E-state index contributed by atoms with van der Waals surface area (Å²) in [6.45, 7) is 2.84. The van der Waals surface area contributed by atoms with Gasteiger partial charge in [-0.3, -0.25) is 5.10 Å². The van der Waals surface area contributed by atoms with Gasteiger partial charge >= 0.3 is 0 Å². The van der Waals surface area contributed by atoms with E-state index in [1.807, 2.05) is 31.2 Å². The Kier molecular flexibility index (Phi) is 5.93. The number of nitrogens with two attached hydrogens (primary N) is 1. The lowest BCUT2D eigenvalue weighted by Crippen LogP contribution is -2.40. The zero-order valence-electron chi connectivity index (χ0n) is 13.5. The minimum Gasteiger partial charge on any atom is -0.497 e. The molecular weight excluding hydrogens is 296 g/mol. The molecule has 0 aliphatic rings. The number of H-pyrrole nitrogens is 1. The molecule has 4 N–H and O–H groups in total. The number of hydrogen-bond acceptors (Lipinski definition) is 5. The van der Waals surface area contributed by atoms with E-state index >= 15 is 0 Å². The number of nitrogens with one attached hydrogen (secondary N) is 2. The van der Waals surface area contributed by atoms with Gasteiger partial charge in [-0.05, 0) is 31.2 Å². The van der Waals surface area contributed by atoms with Gasteiger partial charge in [-0.25, -0.2) is 9.98 Å². The second-order valence-corrected chi connectivity index (χ2v) is 5.04. The Morgan fingerprint density at radius 2 is 2.09 bits per heavy atom. The first-order valence-electron chi connectivity index (χ1n) is 7.23. The van der Waals surface area contributed by atoms with Crippen LogP contribution in [0.4, 0.5) is 0 Å². The maximum atomic E-state index is 5.81. The van der Waals surface area contributed by atoms with Gasteiger partial charge in [0.15, 0.2) is 11.8 Å². The molecule has 0 radical (unpaired) electrons. The maximum absolute atomic E-state index is 5.81. The van der Waals surface area contributed by atoms with Gasteiger partial charge in [0.1, 0.15) is 18.1 Å². The first-order valence-corrected chi connectivity index (χ1v) is 7.23. The summed E-state index contributed by atoms with van der Waals surface area (Å²) in [5.74, 6) is 2.38. The summed E-state index contributed by atoms with van der Waals surface area (Å²) in [4.78, 5) is 8.63. The summed E-state index contributed by atoms with van der Waals surface area (Å²) in [7, 11) is 3.27. The van der Waals surface area contributed by atoms with E-state index in [2.05, 4.69) is 25.5 Å². The Morgan fingerprint density at radius 1 is 1.35 bits per heavy atom. The lowest BCUT2D eigenvalue weighted by atomic mass is 10.2. The smallest absolute Gasteiger partial charge is 0.189 e. The largest absolute Gasteiger partial charge is 0.497 e. The zero-order valence-corrected chi connectivity index (χ0v) is 13.5. The van der Waals surface area contributed by atoms with E-state index in [1.54, 1.807) is 14.2 Å². The van der Waals surface area contributed by atoms with Crippen LogP contribution in [0.1, 0.15) is 12.7 Å². The molecule has 1 heterocycles. The van der Waals surface area contributed by atoms with E-state index in [0.717, 1.165) is 11.3 Å². The summed E-state index contributed by atoms with van der Waals surface area (Å²) in [6.07, 6.45) is 0. The Bertz CT molecular complexity index is 638. The second kappa shape index (κ2) is 8.14. The number of benzene rings is 1. The number of rotatable bonds is 7. The number of hydrogen-bond donors (Lipinski definition) is 3.